The number of hydrogen-bond donors (Lipinski definition) is 2. The summed E-state index contributed by atoms with van der Waals surface area (Å²) in [7, 11) is 0. The summed E-state index contributed by atoms with van der Waals surface area (Å²) < 4.78 is 26.0. The number of benzene rings is 4. The van der Waals surface area contributed by atoms with Gasteiger partial charge >= 0.3 is 0 Å². The van der Waals surface area contributed by atoms with Gasteiger partial charge in [-0.3, -0.25) is 0 Å². The molecular weight excluding hydrogens is 378 g/mol. The van der Waals surface area contributed by atoms with Gasteiger partial charge in [0.05, 0.1) is 0 Å². The van der Waals surface area contributed by atoms with Crippen molar-refractivity contribution in [2.45, 2.75) is 12.8 Å². The van der Waals surface area contributed by atoms with Crippen LogP contribution in [0.15, 0.2) is 84.9 Å². The zero-order valence-electron chi connectivity index (χ0n) is 16.7. The first-order valence-corrected chi connectivity index (χ1v) is 10.2. The second kappa shape index (κ2) is 9.40. The lowest BCUT2D eigenvalue weighted by atomic mass is 10.1. The van der Waals surface area contributed by atoms with Crippen molar-refractivity contribution in [3.8, 4) is 0 Å². The van der Waals surface area contributed by atoms with Crippen LogP contribution in [0.4, 0.5) is 20.2 Å². The van der Waals surface area contributed by atoms with E-state index in [1.54, 1.807) is 0 Å². The smallest absolute Gasteiger partial charge is 0.123 e. The predicted octanol–water partition coefficient (Wildman–Crippen LogP) is 6.43. The highest BCUT2D eigenvalue weighted by atomic mass is 19.1. The van der Waals surface area contributed by atoms with Crippen LogP contribution in [-0.2, 0) is 12.8 Å². The first-order valence-electron chi connectivity index (χ1n) is 10.2. The topological polar surface area (TPSA) is 24.1 Å². The van der Waals surface area contributed by atoms with Crippen LogP contribution in [0.25, 0.3) is 10.8 Å². The molecule has 30 heavy (non-hydrogen) atoms. The normalized spacial score (nSPS) is 10.9. The molecule has 0 atom stereocenters. The summed E-state index contributed by atoms with van der Waals surface area (Å²) in [6, 6.07) is 25.9. The Hall–Kier alpha value is -3.40. The van der Waals surface area contributed by atoms with E-state index in [-0.39, 0.29) is 11.6 Å². The number of hydrogen-bond acceptors (Lipinski definition) is 2. The van der Waals surface area contributed by atoms with Gasteiger partial charge in [-0.15, -0.1) is 0 Å². The molecule has 0 aliphatic rings. The van der Waals surface area contributed by atoms with E-state index in [0.717, 1.165) is 53.8 Å². The van der Waals surface area contributed by atoms with Crippen LogP contribution in [0.3, 0.4) is 0 Å². The van der Waals surface area contributed by atoms with Gasteiger partial charge in [-0.2, -0.15) is 0 Å². The molecule has 0 spiro atoms. The van der Waals surface area contributed by atoms with Crippen LogP contribution in [0.1, 0.15) is 11.1 Å². The van der Waals surface area contributed by atoms with Crippen molar-refractivity contribution in [1.29, 1.82) is 0 Å². The fourth-order valence-corrected chi connectivity index (χ4v) is 3.47. The third-order valence-corrected chi connectivity index (χ3v) is 5.15. The van der Waals surface area contributed by atoms with Crippen LogP contribution < -0.4 is 10.6 Å². The molecule has 0 aliphatic heterocycles. The van der Waals surface area contributed by atoms with Crippen molar-refractivity contribution in [3.05, 3.63) is 108 Å². The Morgan fingerprint density at radius 2 is 0.933 bits per heavy atom. The van der Waals surface area contributed by atoms with Crippen LogP contribution in [0.2, 0.25) is 0 Å². The molecule has 2 nitrogen and oxygen atoms in total. The summed E-state index contributed by atoms with van der Waals surface area (Å²) in [6.07, 6.45) is 1.67. The van der Waals surface area contributed by atoms with Gasteiger partial charge in [0, 0.05) is 24.5 Å². The van der Waals surface area contributed by atoms with Gasteiger partial charge in [-0.1, -0.05) is 36.4 Å². The van der Waals surface area contributed by atoms with Crippen LogP contribution in [0, 0.1) is 11.6 Å². The molecule has 0 fully saturated rings. The monoisotopic (exact) mass is 402 g/mol. The molecule has 0 radical (unpaired) electrons. The maximum atomic E-state index is 13.0. The lowest BCUT2D eigenvalue weighted by Crippen LogP contribution is -2.05. The van der Waals surface area contributed by atoms with Gasteiger partial charge in [-0.25, -0.2) is 8.78 Å². The minimum absolute atomic E-state index is 0.205. The molecule has 4 aromatic rings. The van der Waals surface area contributed by atoms with Gasteiger partial charge in [0.15, 0.2) is 0 Å². The maximum absolute atomic E-state index is 13.0. The van der Waals surface area contributed by atoms with E-state index in [0.29, 0.717) is 0 Å². The van der Waals surface area contributed by atoms with E-state index in [1.165, 1.54) is 29.7 Å². The Morgan fingerprint density at radius 1 is 0.500 bits per heavy atom. The molecule has 0 saturated carbocycles. The molecule has 2 N–H and O–H groups in total. The quantitative estimate of drug-likeness (QED) is 0.355. The van der Waals surface area contributed by atoms with Crippen LogP contribution >= 0.6 is 0 Å². The SMILES string of the molecule is Fc1ccc(CCNc2ccc3ccc(NCCc4ccc(F)cc4)cc3c2)cc1. The first-order chi connectivity index (χ1) is 14.7. The van der Waals surface area contributed by atoms with Crippen molar-refractivity contribution in [2.24, 2.45) is 0 Å². The molecule has 4 heteroatoms. The molecular formula is C26H24F2N2. The Labute approximate surface area is 175 Å². The minimum Gasteiger partial charge on any atom is -0.385 e. The number of halogens is 2. The Bertz CT molecular complexity index is 1020. The molecule has 0 heterocycles. The summed E-state index contributed by atoms with van der Waals surface area (Å²) in [6.45, 7) is 1.57. The Balaban J connectivity index is 1.34. The highest BCUT2D eigenvalue weighted by Gasteiger charge is 2.01. The highest BCUT2D eigenvalue weighted by Crippen LogP contribution is 2.23. The summed E-state index contributed by atoms with van der Waals surface area (Å²) in [5.74, 6) is -0.411. The third kappa shape index (κ3) is 5.35. The molecule has 0 amide bonds. The largest absolute Gasteiger partial charge is 0.385 e. The van der Waals surface area contributed by atoms with E-state index in [2.05, 4.69) is 47.0 Å². The second-order valence-electron chi connectivity index (χ2n) is 7.38. The fraction of sp³-hybridized carbons (Fsp3) is 0.154. The first kappa shape index (κ1) is 19.9. The van der Waals surface area contributed by atoms with Crippen molar-refractivity contribution in [2.75, 3.05) is 23.7 Å². The summed E-state index contributed by atoms with van der Waals surface area (Å²) in [5.41, 5.74) is 4.34. The molecule has 4 aromatic carbocycles. The van der Waals surface area contributed by atoms with Crippen molar-refractivity contribution in [3.63, 3.8) is 0 Å². The minimum atomic E-state index is -0.205. The number of rotatable bonds is 8. The Morgan fingerprint density at radius 3 is 1.37 bits per heavy atom. The van der Waals surface area contributed by atoms with E-state index < -0.39 is 0 Å². The van der Waals surface area contributed by atoms with Crippen LogP contribution in [0.5, 0.6) is 0 Å². The lowest BCUT2D eigenvalue weighted by Gasteiger charge is -2.10. The van der Waals surface area contributed by atoms with Crippen molar-refractivity contribution < 1.29 is 8.78 Å². The van der Waals surface area contributed by atoms with Gasteiger partial charge in [0.25, 0.3) is 0 Å². The van der Waals surface area contributed by atoms with E-state index >= 15 is 0 Å². The molecule has 0 unspecified atom stereocenters. The predicted molar refractivity (Wildman–Crippen MR) is 121 cm³/mol. The second-order valence-corrected chi connectivity index (χ2v) is 7.38. The molecule has 0 saturated heterocycles. The highest BCUT2D eigenvalue weighted by molar-refractivity contribution is 5.88. The van der Waals surface area contributed by atoms with E-state index in [9.17, 15) is 8.78 Å². The Kier molecular flexibility index (Phi) is 6.23. The number of anilines is 2. The molecule has 0 aliphatic carbocycles. The standard InChI is InChI=1S/C26H24F2N2/c27-23-7-1-19(2-8-23)13-15-29-25-11-5-21-6-12-26(18-22(21)17-25)30-16-14-20-3-9-24(28)10-4-20/h1-12,17-18,29-30H,13-16H2. The average molecular weight is 402 g/mol. The molecule has 4 rings (SSSR count). The van der Waals surface area contributed by atoms with Gasteiger partial charge in [-0.05, 0) is 83.3 Å². The molecule has 0 bridgehead atoms. The van der Waals surface area contributed by atoms with E-state index in [1.807, 2.05) is 24.3 Å². The van der Waals surface area contributed by atoms with Gasteiger partial charge < -0.3 is 10.6 Å². The van der Waals surface area contributed by atoms with Crippen molar-refractivity contribution >= 4 is 22.1 Å². The van der Waals surface area contributed by atoms with Crippen molar-refractivity contribution in [1.82, 2.24) is 0 Å². The number of fused-ring (bicyclic) bond motifs is 1. The molecule has 0 aromatic heterocycles. The number of nitrogens with one attached hydrogen (secondary N) is 2. The van der Waals surface area contributed by atoms with Crippen LogP contribution in [-0.4, -0.2) is 13.1 Å². The van der Waals surface area contributed by atoms with Gasteiger partial charge in [0.2, 0.25) is 0 Å². The third-order valence-electron chi connectivity index (χ3n) is 5.15. The molecule has 152 valence electrons. The summed E-state index contributed by atoms with van der Waals surface area (Å²) in [4.78, 5) is 0. The average Bonchev–Trinajstić information content (AvgIpc) is 2.76. The maximum Gasteiger partial charge on any atom is 0.123 e. The summed E-state index contributed by atoms with van der Waals surface area (Å²) >= 11 is 0. The fourth-order valence-electron chi connectivity index (χ4n) is 3.47. The van der Waals surface area contributed by atoms with Gasteiger partial charge in [0.1, 0.15) is 11.6 Å². The zero-order chi connectivity index (χ0) is 20.8. The summed E-state index contributed by atoms with van der Waals surface area (Å²) in [5, 5.41) is 9.23. The lowest BCUT2D eigenvalue weighted by molar-refractivity contribution is 0.626. The zero-order valence-corrected chi connectivity index (χ0v) is 16.7. The van der Waals surface area contributed by atoms with E-state index in [4.69, 9.17) is 0 Å².